The van der Waals surface area contributed by atoms with Gasteiger partial charge in [0.1, 0.15) is 0 Å². The highest BCUT2D eigenvalue weighted by atomic mass is 32.2. The van der Waals surface area contributed by atoms with Gasteiger partial charge >= 0.3 is 6.18 Å². The van der Waals surface area contributed by atoms with Crippen molar-refractivity contribution < 1.29 is 35.9 Å². The number of hydrogen-bond donors (Lipinski definition) is 1. The summed E-state index contributed by atoms with van der Waals surface area (Å²) in [6.45, 7) is 1.73. The Kier molecular flexibility index (Phi) is 8.79. The van der Waals surface area contributed by atoms with Crippen LogP contribution in [-0.4, -0.2) is 92.4 Å². The Morgan fingerprint density at radius 3 is 2.80 bits per heavy atom. The first-order chi connectivity index (χ1) is 21.0. The second-order valence-corrected chi connectivity index (χ2v) is 14.6. The van der Waals surface area contributed by atoms with E-state index in [1.165, 1.54) is 4.31 Å². The molecule has 3 fully saturated rings. The maximum absolute atomic E-state index is 14.5. The molecule has 2 aromatic rings. The predicted molar refractivity (Wildman–Crippen MR) is 156 cm³/mol. The number of pyridine rings is 1. The molecule has 5 atom stereocenters. The van der Waals surface area contributed by atoms with E-state index in [4.69, 9.17) is 9.47 Å². The van der Waals surface area contributed by atoms with Crippen LogP contribution in [0.1, 0.15) is 41.6 Å². The number of methoxy groups -OCH3 is 1. The van der Waals surface area contributed by atoms with Crippen LogP contribution in [-0.2, 0) is 49.9 Å². The quantitative estimate of drug-likeness (QED) is 0.476. The lowest BCUT2D eigenvalue weighted by Crippen LogP contribution is -2.52. The van der Waals surface area contributed by atoms with Crippen molar-refractivity contribution in [2.45, 2.75) is 63.0 Å². The average Bonchev–Trinajstić information content (AvgIpc) is 3.55. The zero-order valence-electron chi connectivity index (χ0n) is 24.8. The van der Waals surface area contributed by atoms with Crippen molar-refractivity contribution in [2.75, 3.05) is 45.7 Å². The number of sulfonamides is 1. The summed E-state index contributed by atoms with van der Waals surface area (Å²) in [5.74, 6) is -0.470. The Bertz CT molecular complexity index is 1460. The molecule has 1 amide bonds. The van der Waals surface area contributed by atoms with Gasteiger partial charge in [0.15, 0.2) is 0 Å². The van der Waals surface area contributed by atoms with Gasteiger partial charge in [-0.05, 0) is 48.8 Å². The average molecular weight is 637 g/mol. The summed E-state index contributed by atoms with van der Waals surface area (Å²) < 4.78 is 80.2. The molecule has 3 aliphatic heterocycles. The number of alkyl halides is 3. The van der Waals surface area contributed by atoms with E-state index < -0.39 is 27.2 Å². The molecule has 2 unspecified atom stereocenters. The Hall–Kier alpha value is -2.58. The standard InChI is InChI=1S/C31H39F3N4O5S/c1-42-28-19-43-11-8-27(28)36-25-14-24-18-38(44(40,41)12-9-21-5-3-2-4-6-21)20-30(24,15-25)29(39)37-10-7-26-22(17-37)13-23(16-35-26)31(32,33)34/h2-6,13,16,24-25,27-28,36H,7-12,14-15,17-20H2,1H3/t24-,25+,27?,28?,30-/m1/s1. The van der Waals surface area contributed by atoms with Crippen molar-refractivity contribution in [1.82, 2.24) is 19.5 Å². The van der Waals surface area contributed by atoms with E-state index in [9.17, 15) is 26.4 Å². The minimum absolute atomic E-state index is 0.0180. The lowest BCUT2D eigenvalue weighted by atomic mass is 9.78. The monoisotopic (exact) mass is 636 g/mol. The lowest BCUT2D eigenvalue weighted by molar-refractivity contribution is -0.143. The molecule has 4 aliphatic rings. The zero-order valence-corrected chi connectivity index (χ0v) is 25.6. The van der Waals surface area contributed by atoms with Gasteiger partial charge in [0.25, 0.3) is 0 Å². The third-order valence-corrected chi connectivity index (χ3v) is 11.7. The molecule has 9 nitrogen and oxygen atoms in total. The second kappa shape index (κ2) is 12.3. The normalized spacial score (nSPS) is 29.4. The van der Waals surface area contributed by atoms with E-state index in [0.717, 1.165) is 24.2 Å². The van der Waals surface area contributed by atoms with Crippen LogP contribution in [0.5, 0.6) is 0 Å². The van der Waals surface area contributed by atoms with Crippen LogP contribution in [0.25, 0.3) is 0 Å². The molecular formula is C31H39F3N4O5S. The minimum atomic E-state index is -4.53. The first-order valence-corrected chi connectivity index (χ1v) is 16.8. The molecule has 1 aromatic carbocycles. The number of fused-ring (bicyclic) bond motifs is 2. The van der Waals surface area contributed by atoms with Gasteiger partial charge in [0, 0.05) is 70.3 Å². The van der Waals surface area contributed by atoms with Crippen molar-refractivity contribution in [3.05, 3.63) is 65.0 Å². The van der Waals surface area contributed by atoms with Gasteiger partial charge in [-0.1, -0.05) is 30.3 Å². The summed E-state index contributed by atoms with van der Waals surface area (Å²) >= 11 is 0. The van der Waals surface area contributed by atoms with Crippen LogP contribution in [0, 0.1) is 11.3 Å². The number of carbonyl (C=O) groups excluding carboxylic acids is 1. The summed E-state index contributed by atoms with van der Waals surface area (Å²) in [7, 11) is -2.01. The molecule has 0 bridgehead atoms. The number of benzene rings is 1. The van der Waals surface area contributed by atoms with Crippen molar-refractivity contribution in [2.24, 2.45) is 11.3 Å². The summed E-state index contributed by atoms with van der Waals surface area (Å²) in [5.41, 5.74) is 0.0535. The lowest BCUT2D eigenvalue weighted by Gasteiger charge is -2.37. The van der Waals surface area contributed by atoms with Crippen molar-refractivity contribution in [3.8, 4) is 0 Å². The van der Waals surface area contributed by atoms with Crippen molar-refractivity contribution in [3.63, 3.8) is 0 Å². The van der Waals surface area contributed by atoms with Crippen LogP contribution in [0.3, 0.4) is 0 Å². The fourth-order valence-corrected chi connectivity index (χ4v) is 9.11. The Labute approximate surface area is 256 Å². The van der Waals surface area contributed by atoms with E-state index in [1.807, 2.05) is 30.3 Å². The molecule has 4 heterocycles. The second-order valence-electron chi connectivity index (χ2n) is 12.5. The van der Waals surface area contributed by atoms with Crippen LogP contribution in [0.4, 0.5) is 13.2 Å². The largest absolute Gasteiger partial charge is 0.417 e. The molecule has 1 aromatic heterocycles. The smallest absolute Gasteiger partial charge is 0.379 e. The summed E-state index contributed by atoms with van der Waals surface area (Å²) in [4.78, 5) is 20.2. The molecule has 44 heavy (non-hydrogen) atoms. The molecule has 6 rings (SSSR count). The number of nitrogens with one attached hydrogen (secondary N) is 1. The first kappa shape index (κ1) is 31.4. The number of carbonyl (C=O) groups is 1. The third kappa shape index (κ3) is 6.26. The highest BCUT2D eigenvalue weighted by Gasteiger charge is 2.60. The fourth-order valence-electron chi connectivity index (χ4n) is 7.52. The molecule has 2 saturated heterocycles. The van der Waals surface area contributed by atoms with E-state index >= 15 is 0 Å². The number of amides is 1. The van der Waals surface area contributed by atoms with Gasteiger partial charge < -0.3 is 19.7 Å². The number of ether oxygens (including phenoxy) is 2. The minimum Gasteiger partial charge on any atom is -0.379 e. The molecule has 240 valence electrons. The number of nitrogens with zero attached hydrogens (tertiary/aromatic N) is 3. The zero-order chi connectivity index (χ0) is 31.1. The van der Waals surface area contributed by atoms with E-state index in [2.05, 4.69) is 10.3 Å². The Morgan fingerprint density at radius 1 is 1.25 bits per heavy atom. The van der Waals surface area contributed by atoms with Gasteiger partial charge in [-0.3, -0.25) is 9.78 Å². The van der Waals surface area contributed by atoms with Gasteiger partial charge in [0.05, 0.1) is 29.4 Å². The maximum atomic E-state index is 14.5. The Balaban J connectivity index is 1.24. The van der Waals surface area contributed by atoms with E-state index in [1.54, 1.807) is 12.0 Å². The van der Waals surface area contributed by atoms with Crippen LogP contribution in [0.2, 0.25) is 0 Å². The number of aromatic nitrogens is 1. The summed E-state index contributed by atoms with van der Waals surface area (Å²) in [6, 6.07) is 10.5. The molecule has 1 aliphatic carbocycles. The van der Waals surface area contributed by atoms with Gasteiger partial charge in [-0.25, -0.2) is 12.7 Å². The number of aryl methyl sites for hydroxylation is 1. The van der Waals surface area contributed by atoms with Gasteiger partial charge in [0.2, 0.25) is 15.9 Å². The fraction of sp³-hybridized carbons (Fsp3) is 0.613. The first-order valence-electron chi connectivity index (χ1n) is 15.2. The summed E-state index contributed by atoms with van der Waals surface area (Å²) in [6.07, 6.45) is -1.28. The number of hydrogen-bond acceptors (Lipinski definition) is 7. The molecule has 1 saturated carbocycles. The highest BCUT2D eigenvalue weighted by molar-refractivity contribution is 7.89. The molecule has 0 radical (unpaired) electrons. The molecule has 13 heteroatoms. The summed E-state index contributed by atoms with van der Waals surface area (Å²) in [5, 5.41) is 3.69. The van der Waals surface area contributed by atoms with Crippen LogP contribution < -0.4 is 5.32 Å². The highest BCUT2D eigenvalue weighted by Crippen LogP contribution is 2.51. The van der Waals surface area contributed by atoms with Crippen LogP contribution in [0.15, 0.2) is 42.6 Å². The van der Waals surface area contributed by atoms with E-state index in [-0.39, 0.29) is 55.4 Å². The van der Waals surface area contributed by atoms with Crippen LogP contribution >= 0.6 is 0 Å². The topological polar surface area (TPSA) is 101 Å². The molecular weight excluding hydrogens is 597 g/mol. The Morgan fingerprint density at radius 2 is 2.05 bits per heavy atom. The molecule has 0 spiro atoms. The predicted octanol–water partition coefficient (Wildman–Crippen LogP) is 3.03. The number of halogens is 3. The maximum Gasteiger partial charge on any atom is 0.417 e. The third-order valence-electron chi connectivity index (χ3n) is 9.87. The van der Waals surface area contributed by atoms with Gasteiger partial charge in [-0.2, -0.15) is 13.2 Å². The van der Waals surface area contributed by atoms with Gasteiger partial charge in [-0.15, -0.1) is 0 Å². The molecule has 1 N–H and O–H groups in total. The SMILES string of the molecule is COC1COCCC1N[C@H]1C[C@@H]2CN(S(=O)(=O)CCc3ccccc3)C[C@]2(C(=O)N2CCc3ncc(C(F)(F)F)cc3C2)C1. The van der Waals surface area contributed by atoms with Crippen molar-refractivity contribution >= 4 is 15.9 Å². The van der Waals surface area contributed by atoms with Crippen molar-refractivity contribution in [1.29, 1.82) is 0 Å². The number of rotatable bonds is 8. The van der Waals surface area contributed by atoms with E-state index in [0.29, 0.717) is 56.7 Å².